The van der Waals surface area contributed by atoms with Crippen molar-refractivity contribution in [3.05, 3.63) is 23.9 Å². The molecule has 1 aromatic heterocycles. The molecule has 7 heteroatoms. The normalized spacial score (nSPS) is 21.0. The van der Waals surface area contributed by atoms with E-state index in [1.165, 1.54) is 19.3 Å². The Morgan fingerprint density at radius 2 is 1.91 bits per heavy atom. The molecule has 22 heavy (non-hydrogen) atoms. The van der Waals surface area contributed by atoms with Crippen LogP contribution in [0.3, 0.4) is 0 Å². The quantitative estimate of drug-likeness (QED) is 0.890. The van der Waals surface area contributed by atoms with Gasteiger partial charge in [0.15, 0.2) is 0 Å². The molecule has 1 atom stereocenters. The number of piperidine rings is 1. The van der Waals surface area contributed by atoms with E-state index in [9.17, 15) is 4.79 Å². The molecule has 0 aromatic carbocycles. The first-order valence-corrected chi connectivity index (χ1v) is 7.50. The molecule has 0 radical (unpaired) electrons. The fourth-order valence-electron chi connectivity index (χ4n) is 3.06. The molecular weight excluding hydrogens is 323 g/mol. The summed E-state index contributed by atoms with van der Waals surface area (Å²) in [6, 6.07) is 3.86. The molecule has 0 unspecified atom stereocenters. The zero-order valence-electron chi connectivity index (χ0n) is 12.6. The lowest BCUT2D eigenvalue weighted by atomic mass is 10.1. The van der Waals surface area contributed by atoms with Gasteiger partial charge in [-0.3, -0.25) is 4.79 Å². The highest BCUT2D eigenvalue weighted by Crippen LogP contribution is 2.24. The number of carbonyl (C=O) groups excluding carboxylic acids is 1. The smallest absolute Gasteiger partial charge is 0.257 e. The second-order valence-electron chi connectivity index (χ2n) is 5.72. The minimum absolute atomic E-state index is 0. The minimum atomic E-state index is 0. The van der Waals surface area contributed by atoms with Crippen LogP contribution in [0.5, 0.6) is 0 Å². The second-order valence-corrected chi connectivity index (χ2v) is 5.72. The molecule has 5 nitrogen and oxygen atoms in total. The number of hydrogen-bond donors (Lipinski definition) is 1. The van der Waals surface area contributed by atoms with Crippen LogP contribution in [0.1, 0.15) is 36.0 Å². The first-order valence-electron chi connectivity index (χ1n) is 7.50. The first kappa shape index (κ1) is 19.0. The van der Waals surface area contributed by atoms with Gasteiger partial charge in [-0.25, -0.2) is 4.98 Å². The van der Waals surface area contributed by atoms with Crippen LogP contribution in [0.2, 0.25) is 0 Å². The number of anilines is 1. The van der Waals surface area contributed by atoms with E-state index in [1.54, 1.807) is 6.20 Å². The van der Waals surface area contributed by atoms with Gasteiger partial charge in [0, 0.05) is 38.4 Å². The lowest BCUT2D eigenvalue weighted by Gasteiger charge is -2.29. The van der Waals surface area contributed by atoms with E-state index in [-0.39, 0.29) is 36.8 Å². The van der Waals surface area contributed by atoms with Gasteiger partial charge in [0.1, 0.15) is 5.82 Å². The van der Waals surface area contributed by atoms with Gasteiger partial charge >= 0.3 is 0 Å². The van der Waals surface area contributed by atoms with Crippen LogP contribution in [0, 0.1) is 0 Å². The molecule has 2 aliphatic heterocycles. The number of likely N-dealkylation sites (tertiary alicyclic amines) is 1. The average Bonchev–Trinajstić information content (AvgIpc) is 2.94. The highest BCUT2D eigenvalue weighted by molar-refractivity contribution is 5.99. The summed E-state index contributed by atoms with van der Waals surface area (Å²) in [5.41, 5.74) is 6.63. The van der Waals surface area contributed by atoms with E-state index in [1.807, 2.05) is 17.0 Å². The van der Waals surface area contributed by atoms with E-state index >= 15 is 0 Å². The Labute approximate surface area is 144 Å². The fourth-order valence-corrected chi connectivity index (χ4v) is 3.06. The van der Waals surface area contributed by atoms with Crippen LogP contribution in [0.15, 0.2) is 18.3 Å². The van der Waals surface area contributed by atoms with Crippen molar-refractivity contribution >= 4 is 36.5 Å². The van der Waals surface area contributed by atoms with Gasteiger partial charge in [-0.1, -0.05) is 0 Å². The minimum Gasteiger partial charge on any atom is -0.356 e. The van der Waals surface area contributed by atoms with Crippen LogP contribution in [0.25, 0.3) is 0 Å². The number of pyridine rings is 1. The maximum absolute atomic E-state index is 12.7. The fraction of sp³-hybridized carbons (Fsp3) is 0.600. The van der Waals surface area contributed by atoms with Gasteiger partial charge < -0.3 is 15.5 Å². The third-order valence-corrected chi connectivity index (χ3v) is 4.18. The zero-order valence-corrected chi connectivity index (χ0v) is 14.2. The third-order valence-electron chi connectivity index (χ3n) is 4.18. The molecule has 0 saturated carbocycles. The molecule has 124 valence electrons. The second kappa shape index (κ2) is 8.56. The number of nitrogens with zero attached hydrogens (tertiary/aromatic N) is 3. The van der Waals surface area contributed by atoms with Crippen LogP contribution < -0.4 is 10.6 Å². The van der Waals surface area contributed by atoms with Crippen molar-refractivity contribution in [3.8, 4) is 0 Å². The summed E-state index contributed by atoms with van der Waals surface area (Å²) in [5, 5.41) is 0. The monoisotopic (exact) mass is 346 g/mol. The molecule has 3 rings (SSSR count). The molecule has 1 aromatic rings. The third kappa shape index (κ3) is 4.03. The van der Waals surface area contributed by atoms with Crippen LogP contribution in [0.4, 0.5) is 5.82 Å². The number of nitrogens with two attached hydrogens (primary N) is 1. The molecule has 2 aliphatic rings. The SMILES string of the molecule is Cl.Cl.N[C@@H]1CCN(C(=O)c2cccnc2N2CCCCC2)C1. The number of halogens is 2. The van der Waals surface area contributed by atoms with E-state index in [0.29, 0.717) is 6.54 Å². The largest absolute Gasteiger partial charge is 0.356 e. The summed E-state index contributed by atoms with van der Waals surface area (Å²) in [4.78, 5) is 21.2. The predicted octanol–water partition coefficient (Wildman–Crippen LogP) is 2.09. The number of hydrogen-bond acceptors (Lipinski definition) is 4. The van der Waals surface area contributed by atoms with Crippen molar-refractivity contribution in [1.82, 2.24) is 9.88 Å². The first-order chi connectivity index (χ1) is 9.75. The van der Waals surface area contributed by atoms with Crippen LogP contribution >= 0.6 is 24.8 Å². The predicted molar refractivity (Wildman–Crippen MR) is 93.3 cm³/mol. The van der Waals surface area contributed by atoms with Crippen molar-refractivity contribution in [2.24, 2.45) is 5.73 Å². The maximum atomic E-state index is 12.7. The van der Waals surface area contributed by atoms with E-state index < -0.39 is 0 Å². The Hall–Kier alpha value is -1.04. The molecule has 3 heterocycles. The summed E-state index contributed by atoms with van der Waals surface area (Å²) in [5.74, 6) is 0.921. The van der Waals surface area contributed by atoms with Crippen molar-refractivity contribution in [1.29, 1.82) is 0 Å². The Bertz CT molecular complexity index is 494. The summed E-state index contributed by atoms with van der Waals surface area (Å²) >= 11 is 0. The molecule has 2 saturated heterocycles. The summed E-state index contributed by atoms with van der Waals surface area (Å²) in [7, 11) is 0. The average molecular weight is 347 g/mol. The molecule has 0 aliphatic carbocycles. The van der Waals surface area contributed by atoms with Gasteiger partial charge in [-0.15, -0.1) is 24.8 Å². The number of rotatable bonds is 2. The molecule has 0 bridgehead atoms. The van der Waals surface area contributed by atoms with Crippen LogP contribution in [-0.2, 0) is 0 Å². The summed E-state index contributed by atoms with van der Waals surface area (Å²) in [6.07, 6.45) is 6.30. The number of aromatic nitrogens is 1. The van der Waals surface area contributed by atoms with Gasteiger partial charge in [0.05, 0.1) is 5.56 Å². The Morgan fingerprint density at radius 3 is 2.55 bits per heavy atom. The van der Waals surface area contributed by atoms with Gasteiger partial charge in [-0.2, -0.15) is 0 Å². The lowest BCUT2D eigenvalue weighted by molar-refractivity contribution is 0.0791. The van der Waals surface area contributed by atoms with E-state index in [0.717, 1.165) is 37.4 Å². The van der Waals surface area contributed by atoms with Crippen molar-refractivity contribution in [3.63, 3.8) is 0 Å². The summed E-state index contributed by atoms with van der Waals surface area (Å²) < 4.78 is 0. The Balaban J connectivity index is 0.00000121. The highest BCUT2D eigenvalue weighted by atomic mass is 35.5. The van der Waals surface area contributed by atoms with Gasteiger partial charge in [-0.05, 0) is 37.8 Å². The summed E-state index contributed by atoms with van der Waals surface area (Å²) in [6.45, 7) is 3.41. The molecule has 0 spiro atoms. The number of amides is 1. The van der Waals surface area contributed by atoms with E-state index in [4.69, 9.17) is 5.73 Å². The van der Waals surface area contributed by atoms with Crippen molar-refractivity contribution in [2.45, 2.75) is 31.7 Å². The van der Waals surface area contributed by atoms with Crippen molar-refractivity contribution in [2.75, 3.05) is 31.1 Å². The Kier molecular flexibility index (Phi) is 7.39. The number of carbonyl (C=O) groups is 1. The lowest BCUT2D eigenvalue weighted by Crippen LogP contribution is -2.35. The topological polar surface area (TPSA) is 62.5 Å². The molecular formula is C15H24Cl2N4O. The van der Waals surface area contributed by atoms with E-state index in [2.05, 4.69) is 9.88 Å². The standard InChI is InChI=1S/C15H22N4O.2ClH/c16-12-6-10-19(11-12)15(20)13-5-4-7-17-14(13)18-8-2-1-3-9-18;;/h4-5,7,12H,1-3,6,8-11,16H2;2*1H/t12-;;/m1../s1. The zero-order chi connectivity index (χ0) is 13.9. The molecule has 1 amide bonds. The van der Waals surface area contributed by atoms with Gasteiger partial charge in [0.2, 0.25) is 0 Å². The molecule has 2 N–H and O–H groups in total. The van der Waals surface area contributed by atoms with Gasteiger partial charge in [0.25, 0.3) is 5.91 Å². The van der Waals surface area contributed by atoms with Crippen molar-refractivity contribution < 1.29 is 4.79 Å². The molecule has 2 fully saturated rings. The Morgan fingerprint density at radius 1 is 1.18 bits per heavy atom. The maximum Gasteiger partial charge on any atom is 0.257 e. The van der Waals surface area contributed by atoms with Crippen LogP contribution in [-0.4, -0.2) is 48.0 Å². The highest BCUT2D eigenvalue weighted by Gasteiger charge is 2.28.